The Hall–Kier alpha value is -0.0800. The number of hydrogen-bond acceptors (Lipinski definition) is 2. The molecule has 2 atom stereocenters. The standard InChI is InChI=1S/C15H29NO/c1-14(2,3)11-7-12-9-17-10-13(8-11)16(12)15(4,5)6/h11-13H,7-10H2,1-6H3. The van der Waals surface area contributed by atoms with Crippen molar-refractivity contribution in [3.8, 4) is 0 Å². The van der Waals surface area contributed by atoms with Crippen LogP contribution in [0.2, 0.25) is 0 Å². The van der Waals surface area contributed by atoms with Gasteiger partial charge >= 0.3 is 0 Å². The van der Waals surface area contributed by atoms with E-state index in [1.54, 1.807) is 0 Å². The minimum absolute atomic E-state index is 0.280. The van der Waals surface area contributed by atoms with Crippen LogP contribution in [0.5, 0.6) is 0 Å². The van der Waals surface area contributed by atoms with Gasteiger partial charge in [0, 0.05) is 17.6 Å². The molecule has 17 heavy (non-hydrogen) atoms. The summed E-state index contributed by atoms with van der Waals surface area (Å²) in [6.07, 6.45) is 2.61. The first-order valence-electron chi connectivity index (χ1n) is 7.06. The normalized spacial score (nSPS) is 36.0. The first kappa shape index (κ1) is 13.4. The van der Waals surface area contributed by atoms with Crippen LogP contribution in [0.3, 0.4) is 0 Å². The minimum atomic E-state index is 0.280. The van der Waals surface area contributed by atoms with Gasteiger partial charge in [0.25, 0.3) is 0 Å². The number of fused-ring (bicyclic) bond motifs is 2. The Morgan fingerprint density at radius 1 is 0.882 bits per heavy atom. The van der Waals surface area contributed by atoms with Crippen LogP contribution in [-0.4, -0.2) is 35.7 Å². The lowest BCUT2D eigenvalue weighted by Gasteiger charge is -2.56. The molecular weight excluding hydrogens is 210 g/mol. The number of hydrogen-bond donors (Lipinski definition) is 0. The SMILES string of the molecule is CC(C)(C)C1CC2COCC(C1)N2C(C)(C)C. The Morgan fingerprint density at radius 3 is 1.71 bits per heavy atom. The van der Waals surface area contributed by atoms with Gasteiger partial charge in [-0.2, -0.15) is 0 Å². The molecule has 2 fully saturated rings. The van der Waals surface area contributed by atoms with Crippen molar-refractivity contribution in [3.05, 3.63) is 0 Å². The molecule has 2 bridgehead atoms. The van der Waals surface area contributed by atoms with Gasteiger partial charge in [-0.15, -0.1) is 0 Å². The summed E-state index contributed by atoms with van der Waals surface area (Å²) < 4.78 is 5.78. The van der Waals surface area contributed by atoms with E-state index in [1.165, 1.54) is 12.8 Å². The molecule has 2 rings (SSSR count). The number of rotatable bonds is 0. The zero-order valence-electron chi connectivity index (χ0n) is 12.4. The fourth-order valence-electron chi connectivity index (χ4n) is 3.72. The summed E-state index contributed by atoms with van der Waals surface area (Å²) >= 11 is 0. The molecule has 2 nitrogen and oxygen atoms in total. The van der Waals surface area contributed by atoms with Gasteiger partial charge in [0.2, 0.25) is 0 Å². The molecule has 2 unspecified atom stereocenters. The minimum Gasteiger partial charge on any atom is -0.378 e. The van der Waals surface area contributed by atoms with Crippen LogP contribution in [0.25, 0.3) is 0 Å². The summed E-state index contributed by atoms with van der Waals surface area (Å²) in [6.45, 7) is 16.1. The van der Waals surface area contributed by atoms with Gasteiger partial charge in [0.1, 0.15) is 0 Å². The third-order valence-electron chi connectivity index (χ3n) is 4.52. The quantitative estimate of drug-likeness (QED) is 0.643. The molecule has 2 saturated heterocycles. The lowest BCUT2D eigenvalue weighted by atomic mass is 9.70. The fourth-order valence-corrected chi connectivity index (χ4v) is 3.72. The van der Waals surface area contributed by atoms with E-state index in [2.05, 4.69) is 46.4 Å². The average Bonchev–Trinajstić information content (AvgIpc) is 2.12. The van der Waals surface area contributed by atoms with E-state index in [9.17, 15) is 0 Å². The monoisotopic (exact) mass is 239 g/mol. The van der Waals surface area contributed by atoms with Crippen LogP contribution >= 0.6 is 0 Å². The lowest BCUT2D eigenvalue weighted by molar-refractivity contribution is -0.135. The average molecular weight is 239 g/mol. The molecule has 2 heteroatoms. The molecule has 0 aliphatic carbocycles. The molecule has 0 amide bonds. The molecule has 0 saturated carbocycles. The van der Waals surface area contributed by atoms with E-state index in [4.69, 9.17) is 4.74 Å². The van der Waals surface area contributed by atoms with Crippen LogP contribution < -0.4 is 0 Å². The van der Waals surface area contributed by atoms with Gasteiger partial charge in [-0.05, 0) is 44.9 Å². The molecule has 2 aliphatic rings. The van der Waals surface area contributed by atoms with E-state index >= 15 is 0 Å². The largest absolute Gasteiger partial charge is 0.378 e. The van der Waals surface area contributed by atoms with Gasteiger partial charge in [-0.1, -0.05) is 20.8 Å². The molecule has 0 N–H and O–H groups in total. The zero-order valence-corrected chi connectivity index (χ0v) is 12.4. The maximum atomic E-state index is 5.78. The third-order valence-corrected chi connectivity index (χ3v) is 4.52. The third kappa shape index (κ3) is 2.68. The molecule has 2 heterocycles. The van der Waals surface area contributed by atoms with Crippen molar-refractivity contribution in [2.24, 2.45) is 11.3 Å². The molecule has 0 radical (unpaired) electrons. The Balaban J connectivity index is 2.17. The predicted octanol–water partition coefficient (Wildman–Crippen LogP) is 3.31. The number of nitrogens with zero attached hydrogens (tertiary/aromatic N) is 1. The second-order valence-corrected chi connectivity index (χ2v) is 7.96. The number of ether oxygens (including phenoxy) is 1. The van der Waals surface area contributed by atoms with E-state index in [-0.39, 0.29) is 5.54 Å². The van der Waals surface area contributed by atoms with Gasteiger partial charge in [0.05, 0.1) is 13.2 Å². The summed E-state index contributed by atoms with van der Waals surface area (Å²) in [4.78, 5) is 2.72. The highest BCUT2D eigenvalue weighted by molar-refractivity contribution is 4.99. The second-order valence-electron chi connectivity index (χ2n) is 7.96. The zero-order chi connectivity index (χ0) is 12.8. The van der Waals surface area contributed by atoms with Crippen LogP contribution in [0.4, 0.5) is 0 Å². The summed E-state index contributed by atoms with van der Waals surface area (Å²) in [5, 5.41) is 0. The smallest absolute Gasteiger partial charge is 0.0623 e. The molecule has 2 aliphatic heterocycles. The lowest BCUT2D eigenvalue weighted by Crippen LogP contribution is -2.64. The van der Waals surface area contributed by atoms with Crippen molar-refractivity contribution in [1.29, 1.82) is 0 Å². The van der Waals surface area contributed by atoms with Crippen molar-refractivity contribution in [1.82, 2.24) is 4.90 Å². The van der Waals surface area contributed by atoms with Crippen molar-refractivity contribution < 1.29 is 4.74 Å². The van der Waals surface area contributed by atoms with Gasteiger partial charge in [-0.25, -0.2) is 0 Å². The van der Waals surface area contributed by atoms with E-state index in [1.807, 2.05) is 0 Å². The Kier molecular flexibility index (Phi) is 3.33. The fraction of sp³-hybridized carbons (Fsp3) is 1.00. The van der Waals surface area contributed by atoms with E-state index in [0.29, 0.717) is 17.5 Å². The van der Waals surface area contributed by atoms with Crippen LogP contribution in [-0.2, 0) is 4.74 Å². The van der Waals surface area contributed by atoms with Crippen LogP contribution in [0.15, 0.2) is 0 Å². The molecule has 0 aromatic carbocycles. The van der Waals surface area contributed by atoms with Gasteiger partial charge in [0.15, 0.2) is 0 Å². The Labute approximate surface area is 107 Å². The first-order chi connectivity index (χ1) is 7.69. The molecule has 0 aromatic heterocycles. The Morgan fingerprint density at radius 2 is 1.35 bits per heavy atom. The maximum absolute atomic E-state index is 5.78. The first-order valence-corrected chi connectivity index (χ1v) is 7.06. The molecular formula is C15H29NO. The van der Waals surface area contributed by atoms with E-state index < -0.39 is 0 Å². The summed E-state index contributed by atoms with van der Waals surface area (Å²) in [5.41, 5.74) is 0.722. The summed E-state index contributed by atoms with van der Waals surface area (Å²) in [6, 6.07) is 1.26. The second kappa shape index (κ2) is 4.24. The highest BCUT2D eigenvalue weighted by Crippen LogP contribution is 2.43. The van der Waals surface area contributed by atoms with Crippen molar-refractivity contribution in [2.75, 3.05) is 13.2 Å². The van der Waals surface area contributed by atoms with E-state index in [0.717, 1.165) is 19.1 Å². The maximum Gasteiger partial charge on any atom is 0.0623 e. The highest BCUT2D eigenvalue weighted by atomic mass is 16.5. The molecule has 0 spiro atoms. The topological polar surface area (TPSA) is 12.5 Å². The predicted molar refractivity (Wildman–Crippen MR) is 72.2 cm³/mol. The number of piperidine rings is 1. The molecule has 100 valence electrons. The van der Waals surface area contributed by atoms with Crippen molar-refractivity contribution in [2.45, 2.75) is 72.0 Å². The number of morpholine rings is 1. The van der Waals surface area contributed by atoms with Crippen molar-refractivity contribution in [3.63, 3.8) is 0 Å². The summed E-state index contributed by atoms with van der Waals surface area (Å²) in [7, 11) is 0. The van der Waals surface area contributed by atoms with Crippen molar-refractivity contribution >= 4 is 0 Å². The van der Waals surface area contributed by atoms with Crippen LogP contribution in [0.1, 0.15) is 54.4 Å². The summed E-state index contributed by atoms with van der Waals surface area (Å²) in [5.74, 6) is 0.847. The van der Waals surface area contributed by atoms with Gasteiger partial charge in [-0.3, -0.25) is 4.90 Å². The Bertz CT molecular complexity index is 260. The highest BCUT2D eigenvalue weighted by Gasteiger charge is 2.46. The molecule has 0 aromatic rings. The van der Waals surface area contributed by atoms with Gasteiger partial charge < -0.3 is 4.74 Å². The van der Waals surface area contributed by atoms with Crippen LogP contribution in [0, 0.1) is 11.3 Å².